The van der Waals surface area contributed by atoms with Crippen LogP contribution >= 0.6 is 11.3 Å². The predicted molar refractivity (Wildman–Crippen MR) is 137 cm³/mol. The molecule has 0 atom stereocenters. The molecule has 4 heteroatoms. The highest BCUT2D eigenvalue weighted by Gasteiger charge is 2.12. The van der Waals surface area contributed by atoms with E-state index in [0.717, 1.165) is 44.9 Å². The third kappa shape index (κ3) is 7.03. The summed E-state index contributed by atoms with van der Waals surface area (Å²) >= 11 is 1.66. The van der Waals surface area contributed by atoms with Gasteiger partial charge in [-0.25, -0.2) is 4.98 Å². The first-order valence-corrected chi connectivity index (χ1v) is 12.9. The van der Waals surface area contributed by atoms with E-state index in [1.54, 1.807) is 17.4 Å². The third-order valence-electron chi connectivity index (χ3n) is 6.11. The number of hydrogen-bond donors (Lipinski definition) is 0. The second-order valence-corrected chi connectivity index (χ2v) is 10.1. The molecular formula is C27H38N2OS. The van der Waals surface area contributed by atoms with Crippen LogP contribution in [-0.4, -0.2) is 19.1 Å². The van der Waals surface area contributed by atoms with Crippen LogP contribution in [0.2, 0.25) is 0 Å². The first-order chi connectivity index (χ1) is 15.1. The number of aromatic nitrogens is 1. The zero-order chi connectivity index (χ0) is 22.1. The van der Waals surface area contributed by atoms with Gasteiger partial charge >= 0.3 is 0 Å². The second kappa shape index (κ2) is 12.2. The Kier molecular flexibility index (Phi) is 9.32. The van der Waals surface area contributed by atoms with Crippen LogP contribution in [-0.2, 0) is 6.42 Å². The van der Waals surface area contributed by atoms with Crippen molar-refractivity contribution in [1.82, 2.24) is 4.98 Å². The lowest BCUT2D eigenvalue weighted by Gasteiger charge is -2.14. The average molecular weight is 439 g/mol. The molecular weight excluding hydrogens is 400 g/mol. The summed E-state index contributed by atoms with van der Waals surface area (Å²) in [6, 6.07) is 10.2. The molecule has 0 aromatic heterocycles. The first-order valence-electron chi connectivity index (χ1n) is 12.1. The molecule has 1 heterocycles. The highest BCUT2D eigenvalue weighted by molar-refractivity contribution is 7.21. The molecule has 1 aromatic carbocycles. The summed E-state index contributed by atoms with van der Waals surface area (Å²) in [5, 5.41) is 0. The number of aryl methyl sites for hydroxylation is 1. The van der Waals surface area contributed by atoms with Crippen LogP contribution < -0.4 is 10.3 Å². The van der Waals surface area contributed by atoms with Gasteiger partial charge in [-0.2, -0.15) is 0 Å². The van der Waals surface area contributed by atoms with Crippen molar-refractivity contribution < 1.29 is 0 Å². The van der Waals surface area contributed by atoms with Crippen LogP contribution in [0, 0.1) is 0 Å². The van der Waals surface area contributed by atoms with E-state index in [1.807, 2.05) is 20.2 Å². The standard InChI is InChI=1S/C27H38N2OS/c1-4-5-6-7-8-9-10-11-12-13-14-15-21-18-24-27(20-25(21)30)31-26-19-22(29(2)3)16-17-23(26)28-24/h16-20H,4-15H2,1-3H3. The fraction of sp³-hybridized carbons (Fsp3) is 0.556. The molecule has 0 radical (unpaired) electrons. The molecule has 0 unspecified atom stereocenters. The molecule has 0 spiro atoms. The Labute approximate surface area is 191 Å². The van der Waals surface area contributed by atoms with Crippen molar-refractivity contribution in [2.75, 3.05) is 19.0 Å². The van der Waals surface area contributed by atoms with Gasteiger partial charge in [0.25, 0.3) is 0 Å². The molecule has 0 amide bonds. The summed E-state index contributed by atoms with van der Waals surface area (Å²) in [5.74, 6) is 0. The van der Waals surface area contributed by atoms with Gasteiger partial charge in [-0.3, -0.25) is 4.79 Å². The predicted octanol–water partition coefficient (Wildman–Crippen LogP) is 7.68. The van der Waals surface area contributed by atoms with Gasteiger partial charge in [0.05, 0.1) is 20.8 Å². The lowest BCUT2D eigenvalue weighted by molar-refractivity contribution is 0.549. The zero-order valence-electron chi connectivity index (χ0n) is 19.6. The molecule has 1 aliphatic heterocycles. The molecule has 2 aliphatic rings. The van der Waals surface area contributed by atoms with E-state index in [2.05, 4.69) is 30.0 Å². The lowest BCUT2D eigenvalue weighted by atomic mass is 10.0. The van der Waals surface area contributed by atoms with Gasteiger partial charge in [0.1, 0.15) is 0 Å². The number of rotatable bonds is 13. The van der Waals surface area contributed by atoms with Crippen LogP contribution in [0.25, 0.3) is 20.8 Å². The SMILES string of the molecule is CCCCCCCCCCCCCc1cc2nc3ccc(N(C)C)cc3sc-2cc1=O. The normalized spacial score (nSPS) is 11.5. The maximum atomic E-state index is 12.6. The van der Waals surface area contributed by atoms with Crippen LogP contribution in [0.5, 0.6) is 0 Å². The largest absolute Gasteiger partial charge is 0.378 e. The Hall–Kier alpha value is -1.94. The van der Waals surface area contributed by atoms with Crippen molar-refractivity contribution in [3.63, 3.8) is 0 Å². The van der Waals surface area contributed by atoms with E-state index < -0.39 is 0 Å². The van der Waals surface area contributed by atoms with Crippen molar-refractivity contribution in [1.29, 1.82) is 0 Å². The monoisotopic (exact) mass is 438 g/mol. The minimum atomic E-state index is 0.167. The number of fused-ring (bicyclic) bond motifs is 2. The zero-order valence-corrected chi connectivity index (χ0v) is 20.4. The van der Waals surface area contributed by atoms with Gasteiger partial charge in [0.15, 0.2) is 5.43 Å². The summed E-state index contributed by atoms with van der Waals surface area (Å²) in [6.07, 6.45) is 15.5. The van der Waals surface area contributed by atoms with Gasteiger partial charge in [-0.05, 0) is 37.1 Å². The minimum absolute atomic E-state index is 0.167. The van der Waals surface area contributed by atoms with E-state index in [9.17, 15) is 4.79 Å². The van der Waals surface area contributed by atoms with Gasteiger partial charge < -0.3 is 4.90 Å². The number of anilines is 1. The quantitative estimate of drug-likeness (QED) is 0.203. The Balaban J connectivity index is 1.49. The molecule has 168 valence electrons. The number of nitrogens with zero attached hydrogens (tertiary/aromatic N) is 2. The number of benzene rings is 2. The minimum Gasteiger partial charge on any atom is -0.378 e. The van der Waals surface area contributed by atoms with Gasteiger partial charge in [0.2, 0.25) is 0 Å². The third-order valence-corrected chi connectivity index (χ3v) is 7.21. The average Bonchev–Trinajstić information content (AvgIpc) is 2.76. The molecule has 1 aliphatic carbocycles. The van der Waals surface area contributed by atoms with E-state index >= 15 is 0 Å². The maximum absolute atomic E-state index is 12.6. The molecule has 1 aromatic rings. The van der Waals surface area contributed by atoms with E-state index in [4.69, 9.17) is 4.98 Å². The van der Waals surface area contributed by atoms with Crippen molar-refractivity contribution in [2.24, 2.45) is 0 Å². The smallest absolute Gasteiger partial charge is 0.183 e. The van der Waals surface area contributed by atoms with Crippen molar-refractivity contribution in [2.45, 2.75) is 84.0 Å². The topological polar surface area (TPSA) is 33.2 Å². The summed E-state index contributed by atoms with van der Waals surface area (Å²) < 4.78 is 1.12. The molecule has 31 heavy (non-hydrogen) atoms. The summed E-state index contributed by atoms with van der Waals surface area (Å²) in [6.45, 7) is 2.27. The molecule has 0 N–H and O–H groups in total. The van der Waals surface area contributed by atoms with Crippen LogP contribution in [0.4, 0.5) is 5.69 Å². The lowest BCUT2D eigenvalue weighted by Crippen LogP contribution is -2.09. The Bertz CT molecular complexity index is 979. The van der Waals surface area contributed by atoms with Crippen LogP contribution in [0.15, 0.2) is 35.1 Å². The Morgan fingerprint density at radius 2 is 1.48 bits per heavy atom. The summed E-state index contributed by atoms with van der Waals surface area (Å²) in [7, 11) is 4.08. The van der Waals surface area contributed by atoms with Gasteiger partial charge in [0, 0.05) is 31.4 Å². The molecule has 0 bridgehead atoms. The first kappa shape index (κ1) is 23.7. The summed E-state index contributed by atoms with van der Waals surface area (Å²) in [5.41, 5.74) is 4.20. The second-order valence-electron chi connectivity index (χ2n) is 8.97. The molecule has 0 saturated carbocycles. The molecule has 3 nitrogen and oxygen atoms in total. The van der Waals surface area contributed by atoms with Crippen molar-refractivity contribution in [3.8, 4) is 10.6 Å². The van der Waals surface area contributed by atoms with E-state index in [-0.39, 0.29) is 5.43 Å². The molecule has 3 rings (SSSR count). The summed E-state index contributed by atoms with van der Waals surface area (Å²) in [4.78, 5) is 20.5. The van der Waals surface area contributed by atoms with Crippen molar-refractivity contribution >= 4 is 27.2 Å². The van der Waals surface area contributed by atoms with E-state index in [1.165, 1.54) is 64.2 Å². The maximum Gasteiger partial charge on any atom is 0.183 e. The fourth-order valence-corrected chi connectivity index (χ4v) is 5.15. The highest BCUT2D eigenvalue weighted by Crippen LogP contribution is 2.32. The molecule has 0 saturated heterocycles. The Morgan fingerprint density at radius 3 is 2.13 bits per heavy atom. The Morgan fingerprint density at radius 1 is 0.839 bits per heavy atom. The van der Waals surface area contributed by atoms with Crippen LogP contribution in [0.3, 0.4) is 0 Å². The number of hydrogen-bond acceptors (Lipinski definition) is 4. The highest BCUT2D eigenvalue weighted by atomic mass is 32.1. The number of unbranched alkanes of at least 4 members (excludes halogenated alkanes) is 10. The van der Waals surface area contributed by atoms with Crippen LogP contribution in [0.1, 0.15) is 83.1 Å². The van der Waals surface area contributed by atoms with Gasteiger partial charge in [-0.1, -0.05) is 71.1 Å². The van der Waals surface area contributed by atoms with Gasteiger partial charge in [-0.15, -0.1) is 11.3 Å². The fourth-order valence-electron chi connectivity index (χ4n) is 4.14. The van der Waals surface area contributed by atoms with Crippen molar-refractivity contribution in [3.05, 3.63) is 46.1 Å². The van der Waals surface area contributed by atoms with E-state index in [0.29, 0.717) is 0 Å². The molecule has 0 fully saturated rings.